The first kappa shape index (κ1) is 21.2. The predicted molar refractivity (Wildman–Crippen MR) is 101 cm³/mol. The largest absolute Gasteiger partial charge is 0.408 e. The van der Waals surface area contributed by atoms with E-state index in [1.807, 2.05) is 0 Å². The number of ether oxygens (including phenoxy) is 1. The van der Waals surface area contributed by atoms with E-state index in [2.05, 4.69) is 4.90 Å². The summed E-state index contributed by atoms with van der Waals surface area (Å²) >= 11 is 0. The summed E-state index contributed by atoms with van der Waals surface area (Å²) in [5.74, 6) is -0.710. The number of hydrogen-bond acceptors (Lipinski definition) is 4. The third-order valence-corrected chi connectivity index (χ3v) is 6.89. The second-order valence-corrected chi connectivity index (χ2v) is 9.20. The van der Waals surface area contributed by atoms with Crippen molar-refractivity contribution in [2.75, 3.05) is 19.8 Å². The van der Waals surface area contributed by atoms with E-state index in [1.165, 1.54) is 12.1 Å². The predicted octanol–water partition coefficient (Wildman–Crippen LogP) is 3.16. The van der Waals surface area contributed by atoms with Crippen LogP contribution in [0.1, 0.15) is 22.7 Å². The van der Waals surface area contributed by atoms with Crippen molar-refractivity contribution >= 4 is 10.0 Å². The van der Waals surface area contributed by atoms with Gasteiger partial charge in [-0.2, -0.15) is 17.9 Å². The Labute approximate surface area is 171 Å². The van der Waals surface area contributed by atoms with Crippen LogP contribution in [0.5, 0.6) is 0 Å². The Morgan fingerprint density at radius 2 is 1.77 bits per heavy atom. The molecule has 1 N–H and O–H groups in total. The summed E-state index contributed by atoms with van der Waals surface area (Å²) in [6.45, 7) is 2.60. The van der Waals surface area contributed by atoms with E-state index in [4.69, 9.17) is 4.74 Å². The number of alkyl halides is 3. The van der Waals surface area contributed by atoms with Gasteiger partial charge in [0.05, 0.1) is 24.2 Å². The normalized spacial score (nSPS) is 19.2. The molecule has 0 saturated carbocycles. The molecule has 2 aliphatic rings. The highest BCUT2D eigenvalue weighted by Gasteiger charge is 2.43. The molecule has 0 spiro atoms. The Kier molecular flexibility index (Phi) is 5.60. The van der Waals surface area contributed by atoms with Gasteiger partial charge in [0.2, 0.25) is 10.0 Å². The van der Waals surface area contributed by atoms with Gasteiger partial charge in [-0.05, 0) is 47.4 Å². The SMILES string of the molecule is O=S(=O)(NC(c1ccc(F)cc1)C(F)(F)F)c1ccc2c(c1)CN(C1COC1)CC2. The second kappa shape index (κ2) is 7.92. The fourth-order valence-corrected chi connectivity index (χ4v) is 4.93. The van der Waals surface area contributed by atoms with Crippen molar-refractivity contribution in [2.45, 2.75) is 36.1 Å². The van der Waals surface area contributed by atoms with Gasteiger partial charge in [0, 0.05) is 13.1 Å². The van der Waals surface area contributed by atoms with Gasteiger partial charge in [0.1, 0.15) is 11.9 Å². The van der Waals surface area contributed by atoms with Crippen molar-refractivity contribution in [1.82, 2.24) is 9.62 Å². The standard InChI is InChI=1S/C20H20F4N2O3S/c21-16-4-1-14(2-5-16)19(20(22,23)24)25-30(27,28)18-6-3-13-7-8-26(10-15(13)9-18)17-11-29-12-17/h1-6,9,17,19,25H,7-8,10-12H2. The lowest BCUT2D eigenvalue weighted by atomic mass is 9.98. The van der Waals surface area contributed by atoms with Crippen molar-refractivity contribution in [2.24, 2.45) is 0 Å². The summed E-state index contributed by atoms with van der Waals surface area (Å²) < 4.78 is 86.3. The molecule has 0 bridgehead atoms. The number of halogens is 4. The van der Waals surface area contributed by atoms with Crippen LogP contribution in [0.4, 0.5) is 17.6 Å². The lowest BCUT2D eigenvalue weighted by Crippen LogP contribution is -2.50. The first-order valence-electron chi connectivity index (χ1n) is 9.41. The van der Waals surface area contributed by atoms with Crippen LogP contribution in [0.2, 0.25) is 0 Å². The highest BCUT2D eigenvalue weighted by atomic mass is 32.2. The zero-order chi connectivity index (χ0) is 21.5. The first-order valence-corrected chi connectivity index (χ1v) is 10.9. The van der Waals surface area contributed by atoms with Gasteiger partial charge in [-0.3, -0.25) is 4.90 Å². The van der Waals surface area contributed by atoms with Crippen LogP contribution in [-0.2, 0) is 27.7 Å². The van der Waals surface area contributed by atoms with Gasteiger partial charge in [0.15, 0.2) is 0 Å². The van der Waals surface area contributed by atoms with Crippen LogP contribution in [0, 0.1) is 5.82 Å². The van der Waals surface area contributed by atoms with E-state index >= 15 is 0 Å². The molecule has 30 heavy (non-hydrogen) atoms. The maximum atomic E-state index is 13.6. The summed E-state index contributed by atoms with van der Waals surface area (Å²) in [4.78, 5) is 1.96. The monoisotopic (exact) mass is 444 g/mol. The summed E-state index contributed by atoms with van der Waals surface area (Å²) in [6.07, 6.45) is -4.15. The quantitative estimate of drug-likeness (QED) is 0.720. The van der Waals surface area contributed by atoms with Gasteiger partial charge in [-0.1, -0.05) is 18.2 Å². The summed E-state index contributed by atoms with van der Waals surface area (Å²) in [6, 6.07) is 5.76. The zero-order valence-electron chi connectivity index (χ0n) is 15.8. The second-order valence-electron chi connectivity index (χ2n) is 7.49. The maximum absolute atomic E-state index is 13.6. The molecule has 1 atom stereocenters. The van der Waals surface area contributed by atoms with E-state index in [-0.39, 0.29) is 16.5 Å². The van der Waals surface area contributed by atoms with Crippen LogP contribution < -0.4 is 4.72 Å². The lowest BCUT2D eigenvalue weighted by molar-refractivity contribution is -0.153. The van der Waals surface area contributed by atoms with Crippen LogP contribution in [0.15, 0.2) is 47.4 Å². The zero-order valence-corrected chi connectivity index (χ0v) is 16.6. The number of hydrogen-bond donors (Lipinski definition) is 1. The fourth-order valence-electron chi connectivity index (χ4n) is 3.67. The van der Waals surface area contributed by atoms with E-state index in [0.29, 0.717) is 19.8 Å². The molecule has 0 radical (unpaired) electrons. The molecular formula is C20H20F4N2O3S. The molecule has 0 amide bonds. The van der Waals surface area contributed by atoms with Crippen molar-refractivity contribution in [3.8, 4) is 0 Å². The van der Waals surface area contributed by atoms with Crippen LogP contribution in [0.3, 0.4) is 0 Å². The minimum atomic E-state index is -4.89. The molecule has 2 heterocycles. The minimum Gasteiger partial charge on any atom is -0.378 e. The van der Waals surface area contributed by atoms with Crippen molar-refractivity contribution in [1.29, 1.82) is 0 Å². The minimum absolute atomic E-state index is 0.232. The third kappa shape index (κ3) is 4.36. The molecule has 162 valence electrons. The molecule has 2 aromatic carbocycles. The van der Waals surface area contributed by atoms with Crippen molar-refractivity contribution in [3.05, 3.63) is 65.0 Å². The van der Waals surface area contributed by atoms with Gasteiger partial charge < -0.3 is 4.74 Å². The van der Waals surface area contributed by atoms with Gasteiger partial charge in [0.25, 0.3) is 0 Å². The Balaban J connectivity index is 1.60. The van der Waals surface area contributed by atoms with Crippen LogP contribution in [-0.4, -0.2) is 45.3 Å². The van der Waals surface area contributed by atoms with Crippen molar-refractivity contribution in [3.63, 3.8) is 0 Å². The van der Waals surface area contributed by atoms with Crippen LogP contribution in [0.25, 0.3) is 0 Å². The molecule has 0 aromatic heterocycles. The van der Waals surface area contributed by atoms with Gasteiger partial charge in [-0.15, -0.1) is 0 Å². The average molecular weight is 444 g/mol. The fraction of sp³-hybridized carbons (Fsp3) is 0.400. The number of nitrogens with one attached hydrogen (secondary N) is 1. The summed E-state index contributed by atoms with van der Waals surface area (Å²) in [7, 11) is -4.47. The Morgan fingerprint density at radius 1 is 1.07 bits per heavy atom. The number of fused-ring (bicyclic) bond motifs is 1. The summed E-state index contributed by atoms with van der Waals surface area (Å²) in [5, 5.41) is 0. The molecule has 1 unspecified atom stereocenters. The Bertz CT molecular complexity index is 1020. The van der Waals surface area contributed by atoms with E-state index < -0.39 is 28.1 Å². The molecule has 5 nitrogen and oxygen atoms in total. The topological polar surface area (TPSA) is 58.6 Å². The molecule has 4 rings (SSSR count). The first-order chi connectivity index (χ1) is 14.1. The number of rotatable bonds is 5. The van der Waals surface area contributed by atoms with Gasteiger partial charge >= 0.3 is 6.18 Å². The van der Waals surface area contributed by atoms with E-state index in [1.54, 1.807) is 10.8 Å². The van der Waals surface area contributed by atoms with Crippen LogP contribution >= 0.6 is 0 Å². The Morgan fingerprint density at radius 3 is 2.37 bits per heavy atom. The molecule has 1 saturated heterocycles. The van der Waals surface area contributed by atoms with E-state index in [9.17, 15) is 26.0 Å². The molecular weight excluding hydrogens is 424 g/mol. The highest BCUT2D eigenvalue weighted by molar-refractivity contribution is 7.89. The third-order valence-electron chi connectivity index (χ3n) is 5.47. The lowest BCUT2D eigenvalue weighted by Gasteiger charge is -2.40. The highest BCUT2D eigenvalue weighted by Crippen LogP contribution is 2.34. The summed E-state index contributed by atoms with van der Waals surface area (Å²) in [5.41, 5.74) is 1.37. The molecule has 10 heteroatoms. The smallest absolute Gasteiger partial charge is 0.378 e. The Hall–Kier alpha value is -2.01. The molecule has 2 aromatic rings. The molecule has 2 aliphatic heterocycles. The van der Waals surface area contributed by atoms with Crippen molar-refractivity contribution < 1.29 is 30.7 Å². The number of benzene rings is 2. The molecule has 1 fully saturated rings. The average Bonchev–Trinajstić information content (AvgIpc) is 2.64. The molecule has 0 aliphatic carbocycles. The number of nitrogens with zero attached hydrogens (tertiary/aromatic N) is 1. The maximum Gasteiger partial charge on any atom is 0.408 e. The van der Waals surface area contributed by atoms with E-state index in [0.717, 1.165) is 48.4 Å². The van der Waals surface area contributed by atoms with Gasteiger partial charge in [-0.25, -0.2) is 12.8 Å². The number of sulfonamides is 1.